The third-order valence-corrected chi connectivity index (χ3v) is 4.94. The molecular weight excluding hydrogens is 308 g/mol. The lowest BCUT2D eigenvalue weighted by atomic mass is 9.87. The Labute approximate surface area is 143 Å². The van der Waals surface area contributed by atoms with Crippen LogP contribution in [0, 0.1) is 0 Å². The number of amides is 1. The maximum atomic E-state index is 11.9. The predicted molar refractivity (Wildman–Crippen MR) is 91.4 cm³/mol. The highest BCUT2D eigenvalue weighted by atomic mass is 16.5. The monoisotopic (exact) mass is 334 g/mol. The lowest BCUT2D eigenvalue weighted by Gasteiger charge is -2.38. The van der Waals surface area contributed by atoms with Gasteiger partial charge in [0, 0.05) is 32.0 Å². The standard InChI is InChI=1S/C18H26N2O4/c1-22-13-17(21)20-8-6-18(7-9-20)11-15(12-24-18)19-14-4-3-5-16(10-14)23-2/h3-5,10,15,19H,6-9,11-13H2,1-2H3. The van der Waals surface area contributed by atoms with E-state index in [1.54, 1.807) is 14.2 Å². The molecule has 24 heavy (non-hydrogen) atoms. The summed E-state index contributed by atoms with van der Waals surface area (Å²) in [4.78, 5) is 13.8. The summed E-state index contributed by atoms with van der Waals surface area (Å²) in [7, 11) is 3.23. The summed E-state index contributed by atoms with van der Waals surface area (Å²) < 4.78 is 16.3. The van der Waals surface area contributed by atoms with Crippen LogP contribution in [0.5, 0.6) is 5.75 Å². The molecule has 0 aromatic heterocycles. The van der Waals surface area contributed by atoms with E-state index in [1.165, 1.54) is 0 Å². The van der Waals surface area contributed by atoms with Gasteiger partial charge in [-0.25, -0.2) is 0 Å². The Morgan fingerprint density at radius 1 is 1.38 bits per heavy atom. The number of carbonyl (C=O) groups is 1. The summed E-state index contributed by atoms with van der Waals surface area (Å²) in [5.74, 6) is 0.912. The van der Waals surface area contributed by atoms with Crippen molar-refractivity contribution in [2.24, 2.45) is 0 Å². The number of hydrogen-bond donors (Lipinski definition) is 1. The lowest BCUT2D eigenvalue weighted by Crippen LogP contribution is -2.47. The third kappa shape index (κ3) is 3.82. The number of methoxy groups -OCH3 is 2. The van der Waals surface area contributed by atoms with Gasteiger partial charge in [-0.3, -0.25) is 4.79 Å². The van der Waals surface area contributed by atoms with E-state index in [9.17, 15) is 4.79 Å². The van der Waals surface area contributed by atoms with E-state index < -0.39 is 0 Å². The summed E-state index contributed by atoms with van der Waals surface area (Å²) in [6, 6.07) is 8.24. The molecule has 6 nitrogen and oxygen atoms in total. The summed E-state index contributed by atoms with van der Waals surface area (Å²) in [6.45, 7) is 2.35. The predicted octanol–water partition coefficient (Wildman–Crippen LogP) is 1.90. The Balaban J connectivity index is 1.53. The van der Waals surface area contributed by atoms with Gasteiger partial charge in [0.2, 0.25) is 5.91 Å². The fourth-order valence-electron chi connectivity index (χ4n) is 3.61. The molecule has 1 atom stereocenters. The maximum absolute atomic E-state index is 11.9. The molecule has 2 aliphatic rings. The Morgan fingerprint density at radius 3 is 2.88 bits per heavy atom. The van der Waals surface area contributed by atoms with E-state index in [-0.39, 0.29) is 18.1 Å². The molecule has 1 unspecified atom stereocenters. The number of likely N-dealkylation sites (tertiary alicyclic amines) is 1. The summed E-state index contributed by atoms with van der Waals surface area (Å²) in [5.41, 5.74) is 0.952. The van der Waals surface area contributed by atoms with Gasteiger partial charge >= 0.3 is 0 Å². The lowest BCUT2D eigenvalue weighted by molar-refractivity contribution is -0.139. The zero-order chi connectivity index (χ0) is 17.0. The number of carbonyl (C=O) groups excluding carboxylic acids is 1. The van der Waals surface area contributed by atoms with Crippen molar-refractivity contribution in [2.75, 3.05) is 45.8 Å². The third-order valence-electron chi connectivity index (χ3n) is 4.94. The van der Waals surface area contributed by atoms with Crippen LogP contribution in [0.2, 0.25) is 0 Å². The molecule has 1 aromatic carbocycles. The smallest absolute Gasteiger partial charge is 0.248 e. The van der Waals surface area contributed by atoms with Crippen molar-refractivity contribution >= 4 is 11.6 Å². The number of nitrogens with one attached hydrogen (secondary N) is 1. The van der Waals surface area contributed by atoms with Crippen molar-refractivity contribution in [3.63, 3.8) is 0 Å². The zero-order valence-corrected chi connectivity index (χ0v) is 14.4. The highest BCUT2D eigenvalue weighted by molar-refractivity contribution is 5.77. The molecule has 3 rings (SSSR count). The van der Waals surface area contributed by atoms with Crippen LogP contribution in [0.3, 0.4) is 0 Å². The van der Waals surface area contributed by atoms with Crippen molar-refractivity contribution in [1.82, 2.24) is 4.90 Å². The van der Waals surface area contributed by atoms with Gasteiger partial charge in [0.15, 0.2) is 0 Å². The first-order valence-electron chi connectivity index (χ1n) is 8.45. The van der Waals surface area contributed by atoms with Crippen LogP contribution >= 0.6 is 0 Å². The van der Waals surface area contributed by atoms with Crippen LogP contribution in [0.1, 0.15) is 19.3 Å². The fraction of sp³-hybridized carbons (Fsp3) is 0.611. The van der Waals surface area contributed by atoms with E-state index in [0.29, 0.717) is 12.6 Å². The van der Waals surface area contributed by atoms with E-state index in [1.807, 2.05) is 29.2 Å². The van der Waals surface area contributed by atoms with Gasteiger partial charge in [-0.05, 0) is 31.4 Å². The summed E-state index contributed by atoms with van der Waals surface area (Å²) in [6.07, 6.45) is 2.74. The molecule has 132 valence electrons. The largest absolute Gasteiger partial charge is 0.497 e. The topological polar surface area (TPSA) is 60.0 Å². The second-order valence-corrected chi connectivity index (χ2v) is 6.59. The number of ether oxygens (including phenoxy) is 3. The van der Waals surface area contributed by atoms with Gasteiger partial charge in [0.25, 0.3) is 0 Å². The number of rotatable bonds is 5. The van der Waals surface area contributed by atoms with Crippen molar-refractivity contribution in [3.8, 4) is 5.75 Å². The highest BCUT2D eigenvalue weighted by Crippen LogP contribution is 2.37. The Kier molecular flexibility index (Phi) is 5.26. The van der Waals surface area contributed by atoms with Gasteiger partial charge in [0.1, 0.15) is 12.4 Å². The summed E-state index contributed by atoms with van der Waals surface area (Å²) in [5, 5.41) is 3.54. The van der Waals surface area contributed by atoms with Gasteiger partial charge in [-0.2, -0.15) is 0 Å². The number of nitrogens with zero attached hydrogens (tertiary/aromatic N) is 1. The first-order chi connectivity index (χ1) is 11.6. The van der Waals surface area contributed by atoms with Crippen molar-refractivity contribution in [1.29, 1.82) is 0 Å². The van der Waals surface area contributed by atoms with Crippen molar-refractivity contribution < 1.29 is 19.0 Å². The molecule has 2 aliphatic heterocycles. The fourth-order valence-corrected chi connectivity index (χ4v) is 3.61. The van der Waals surface area contributed by atoms with Gasteiger partial charge in [0.05, 0.1) is 25.4 Å². The van der Waals surface area contributed by atoms with Crippen LogP contribution < -0.4 is 10.1 Å². The number of hydrogen-bond acceptors (Lipinski definition) is 5. The van der Waals surface area contributed by atoms with Gasteiger partial charge < -0.3 is 24.4 Å². The van der Waals surface area contributed by atoms with Crippen LogP contribution in [0.25, 0.3) is 0 Å². The number of benzene rings is 1. The number of anilines is 1. The van der Waals surface area contributed by atoms with E-state index in [2.05, 4.69) is 5.32 Å². The molecular formula is C18H26N2O4. The van der Waals surface area contributed by atoms with E-state index in [4.69, 9.17) is 14.2 Å². The molecule has 2 fully saturated rings. The van der Waals surface area contributed by atoms with Crippen LogP contribution in [-0.4, -0.2) is 63.0 Å². The van der Waals surface area contributed by atoms with Crippen molar-refractivity contribution in [3.05, 3.63) is 24.3 Å². The van der Waals surface area contributed by atoms with E-state index >= 15 is 0 Å². The second kappa shape index (κ2) is 7.40. The molecule has 0 bridgehead atoms. The molecule has 0 saturated carbocycles. The van der Waals surface area contributed by atoms with Gasteiger partial charge in [-0.15, -0.1) is 0 Å². The Bertz CT molecular complexity index is 570. The first-order valence-corrected chi connectivity index (χ1v) is 8.45. The molecule has 2 saturated heterocycles. The molecule has 0 aliphatic carbocycles. The molecule has 1 amide bonds. The molecule has 1 N–H and O–H groups in total. The second-order valence-electron chi connectivity index (χ2n) is 6.59. The molecule has 0 radical (unpaired) electrons. The van der Waals surface area contributed by atoms with Gasteiger partial charge in [-0.1, -0.05) is 6.07 Å². The minimum absolute atomic E-state index is 0.0661. The molecule has 6 heteroatoms. The van der Waals surface area contributed by atoms with Crippen molar-refractivity contribution in [2.45, 2.75) is 30.9 Å². The number of piperidine rings is 1. The Morgan fingerprint density at radius 2 is 2.17 bits per heavy atom. The molecule has 1 spiro atoms. The zero-order valence-electron chi connectivity index (χ0n) is 14.4. The first kappa shape index (κ1) is 17.0. The summed E-state index contributed by atoms with van der Waals surface area (Å²) >= 11 is 0. The maximum Gasteiger partial charge on any atom is 0.248 e. The average Bonchev–Trinajstić information content (AvgIpc) is 2.98. The van der Waals surface area contributed by atoms with Crippen LogP contribution in [0.4, 0.5) is 5.69 Å². The highest BCUT2D eigenvalue weighted by Gasteiger charge is 2.43. The minimum atomic E-state index is -0.0968. The van der Waals surface area contributed by atoms with Crippen LogP contribution in [0.15, 0.2) is 24.3 Å². The SMILES string of the molecule is COCC(=O)N1CCC2(CC1)CC(Nc1cccc(OC)c1)CO2. The van der Waals surface area contributed by atoms with Crippen LogP contribution in [-0.2, 0) is 14.3 Å². The quantitative estimate of drug-likeness (QED) is 0.891. The van der Waals surface area contributed by atoms with E-state index in [0.717, 1.165) is 43.8 Å². The minimum Gasteiger partial charge on any atom is -0.497 e. The molecule has 2 heterocycles. The normalized spacial score (nSPS) is 22.6. The Hall–Kier alpha value is -1.79. The average molecular weight is 334 g/mol. The molecule has 1 aromatic rings.